The van der Waals surface area contributed by atoms with E-state index in [1.54, 1.807) is 6.07 Å². The first kappa shape index (κ1) is 14.2. The normalized spacial score (nSPS) is 18.6. The number of amides is 1. The molecule has 1 aliphatic rings. The molecule has 2 aromatic heterocycles. The summed E-state index contributed by atoms with van der Waals surface area (Å²) in [4.78, 5) is 12.1. The summed E-state index contributed by atoms with van der Waals surface area (Å²) >= 11 is 1.39. The number of piperidine rings is 1. The molecule has 7 nitrogen and oxygen atoms in total. The number of anilines is 1. The van der Waals surface area contributed by atoms with Gasteiger partial charge in [-0.3, -0.25) is 14.8 Å². The van der Waals surface area contributed by atoms with Gasteiger partial charge in [-0.2, -0.15) is 5.10 Å². The lowest BCUT2D eigenvalue weighted by atomic mass is 10.1. The number of hydrogen-bond acceptors (Lipinski definition) is 6. The second-order valence-electron chi connectivity index (χ2n) is 4.99. The van der Waals surface area contributed by atoms with Crippen LogP contribution in [0.2, 0.25) is 0 Å². The van der Waals surface area contributed by atoms with E-state index in [0.29, 0.717) is 16.9 Å². The number of nitrogens with one attached hydrogen (secondary N) is 2. The predicted octanol–water partition coefficient (Wildman–Crippen LogP) is 1.47. The molecule has 112 valence electrons. The summed E-state index contributed by atoms with van der Waals surface area (Å²) < 4.78 is 1.87. The Bertz CT molecular complexity index is 616. The largest absolute Gasteiger partial charge is 0.315 e. The van der Waals surface area contributed by atoms with Gasteiger partial charge in [0.25, 0.3) is 5.91 Å². The summed E-state index contributed by atoms with van der Waals surface area (Å²) in [5.41, 5.74) is 0.411. The third-order valence-corrected chi connectivity index (χ3v) is 4.46. The average Bonchev–Trinajstić information content (AvgIpc) is 3.17. The van der Waals surface area contributed by atoms with Crippen molar-refractivity contribution in [1.82, 2.24) is 25.3 Å². The van der Waals surface area contributed by atoms with Crippen molar-refractivity contribution in [3.8, 4) is 0 Å². The molecule has 2 N–H and O–H groups in total. The Morgan fingerprint density at radius 3 is 3.19 bits per heavy atom. The zero-order chi connectivity index (χ0) is 14.7. The van der Waals surface area contributed by atoms with Crippen LogP contribution in [0.25, 0.3) is 0 Å². The zero-order valence-electron chi connectivity index (χ0n) is 11.9. The smallest absolute Gasteiger partial charge is 0.277 e. The Morgan fingerprint density at radius 2 is 2.48 bits per heavy atom. The lowest BCUT2D eigenvalue weighted by molar-refractivity contribution is 0.102. The van der Waals surface area contributed by atoms with Crippen molar-refractivity contribution in [1.29, 1.82) is 0 Å². The van der Waals surface area contributed by atoms with Crippen LogP contribution in [0.5, 0.6) is 0 Å². The number of nitrogens with zero attached hydrogens (tertiary/aromatic N) is 4. The van der Waals surface area contributed by atoms with Gasteiger partial charge in [0.15, 0.2) is 5.69 Å². The topological polar surface area (TPSA) is 84.7 Å². The van der Waals surface area contributed by atoms with Gasteiger partial charge in [0.1, 0.15) is 5.01 Å². The number of carbonyl (C=O) groups excluding carboxylic acids is 1. The molecule has 1 atom stereocenters. The molecule has 8 heteroatoms. The van der Waals surface area contributed by atoms with E-state index in [1.807, 2.05) is 17.8 Å². The number of rotatable bonds is 4. The molecule has 1 fully saturated rings. The molecule has 0 aromatic carbocycles. The van der Waals surface area contributed by atoms with Crippen LogP contribution in [-0.4, -0.2) is 39.0 Å². The summed E-state index contributed by atoms with van der Waals surface area (Å²) in [6.45, 7) is 3.97. The van der Waals surface area contributed by atoms with Crippen molar-refractivity contribution >= 4 is 22.4 Å². The molecule has 0 aliphatic carbocycles. The summed E-state index contributed by atoms with van der Waals surface area (Å²) in [5, 5.41) is 19.8. The Kier molecular flexibility index (Phi) is 4.26. The quantitative estimate of drug-likeness (QED) is 0.893. The lowest BCUT2D eigenvalue weighted by Gasteiger charge is -2.22. The predicted molar refractivity (Wildman–Crippen MR) is 80.6 cm³/mol. The highest BCUT2D eigenvalue weighted by atomic mass is 32.1. The number of carbonyl (C=O) groups is 1. The fourth-order valence-electron chi connectivity index (χ4n) is 2.33. The second kappa shape index (κ2) is 6.31. The Labute approximate surface area is 126 Å². The van der Waals surface area contributed by atoms with Gasteiger partial charge < -0.3 is 5.32 Å². The Morgan fingerprint density at radius 1 is 1.57 bits per heavy atom. The minimum Gasteiger partial charge on any atom is -0.315 e. The van der Waals surface area contributed by atoms with Crippen LogP contribution >= 0.6 is 11.3 Å². The maximum absolute atomic E-state index is 12.1. The molecule has 1 unspecified atom stereocenters. The SMILES string of the molecule is CCc1nnc(NC(=O)c2ccn(C3CCCNC3)n2)s1. The van der Waals surface area contributed by atoms with E-state index in [-0.39, 0.29) is 5.91 Å². The Balaban J connectivity index is 1.66. The minimum absolute atomic E-state index is 0.240. The third-order valence-electron chi connectivity index (χ3n) is 3.48. The van der Waals surface area contributed by atoms with Gasteiger partial charge >= 0.3 is 0 Å². The van der Waals surface area contributed by atoms with Crippen molar-refractivity contribution in [2.75, 3.05) is 18.4 Å². The van der Waals surface area contributed by atoms with Crippen molar-refractivity contribution < 1.29 is 4.79 Å². The van der Waals surface area contributed by atoms with Crippen molar-refractivity contribution in [2.45, 2.75) is 32.2 Å². The Hall–Kier alpha value is -1.80. The molecule has 2 aromatic rings. The zero-order valence-corrected chi connectivity index (χ0v) is 12.7. The first-order chi connectivity index (χ1) is 10.3. The molecule has 3 heterocycles. The fraction of sp³-hybridized carbons (Fsp3) is 0.538. The summed E-state index contributed by atoms with van der Waals surface area (Å²) in [6, 6.07) is 2.07. The van der Waals surface area contributed by atoms with Crippen LogP contribution in [0.15, 0.2) is 12.3 Å². The van der Waals surface area contributed by atoms with Crippen LogP contribution in [-0.2, 0) is 6.42 Å². The molecule has 0 radical (unpaired) electrons. The molecule has 1 amide bonds. The number of hydrogen-bond donors (Lipinski definition) is 2. The van der Waals surface area contributed by atoms with E-state index in [0.717, 1.165) is 37.4 Å². The van der Waals surface area contributed by atoms with Gasteiger partial charge in [-0.25, -0.2) is 0 Å². The highest BCUT2D eigenvalue weighted by Crippen LogP contribution is 2.18. The minimum atomic E-state index is -0.240. The van der Waals surface area contributed by atoms with E-state index < -0.39 is 0 Å². The fourth-order valence-corrected chi connectivity index (χ4v) is 3.00. The first-order valence-corrected chi connectivity index (χ1v) is 7.97. The number of aryl methyl sites for hydroxylation is 1. The molecular weight excluding hydrogens is 288 g/mol. The average molecular weight is 306 g/mol. The molecule has 0 bridgehead atoms. The maximum Gasteiger partial charge on any atom is 0.277 e. The highest BCUT2D eigenvalue weighted by Gasteiger charge is 2.18. The first-order valence-electron chi connectivity index (χ1n) is 7.16. The van der Waals surface area contributed by atoms with Crippen LogP contribution < -0.4 is 10.6 Å². The molecule has 0 saturated carbocycles. The summed E-state index contributed by atoms with van der Waals surface area (Å²) in [5.74, 6) is -0.240. The van der Waals surface area contributed by atoms with E-state index in [4.69, 9.17) is 0 Å². The second-order valence-corrected chi connectivity index (χ2v) is 6.05. The van der Waals surface area contributed by atoms with Crippen molar-refractivity contribution in [3.05, 3.63) is 23.0 Å². The summed E-state index contributed by atoms with van der Waals surface area (Å²) in [7, 11) is 0. The number of aromatic nitrogens is 4. The molecule has 1 aliphatic heterocycles. The van der Waals surface area contributed by atoms with Gasteiger partial charge in [-0.05, 0) is 31.9 Å². The van der Waals surface area contributed by atoms with Crippen LogP contribution in [0.1, 0.15) is 41.3 Å². The monoisotopic (exact) mass is 306 g/mol. The molecule has 21 heavy (non-hydrogen) atoms. The van der Waals surface area contributed by atoms with Gasteiger partial charge in [0, 0.05) is 12.7 Å². The van der Waals surface area contributed by atoms with E-state index in [2.05, 4.69) is 25.9 Å². The standard InChI is InChI=1S/C13H18N6OS/c1-2-11-16-17-13(21-11)15-12(20)10-5-7-19(18-10)9-4-3-6-14-8-9/h5,7,9,14H,2-4,6,8H2,1H3,(H,15,17,20). The van der Waals surface area contributed by atoms with E-state index in [1.165, 1.54) is 11.3 Å². The maximum atomic E-state index is 12.1. The van der Waals surface area contributed by atoms with E-state index >= 15 is 0 Å². The van der Waals surface area contributed by atoms with Gasteiger partial charge in [-0.1, -0.05) is 18.3 Å². The third kappa shape index (κ3) is 3.27. The molecule has 0 spiro atoms. The summed E-state index contributed by atoms with van der Waals surface area (Å²) in [6.07, 6.45) is 4.91. The van der Waals surface area contributed by atoms with Gasteiger partial charge in [-0.15, -0.1) is 10.2 Å². The van der Waals surface area contributed by atoms with Crippen LogP contribution in [0, 0.1) is 0 Å². The van der Waals surface area contributed by atoms with Crippen molar-refractivity contribution in [3.63, 3.8) is 0 Å². The van der Waals surface area contributed by atoms with Crippen LogP contribution in [0.4, 0.5) is 5.13 Å². The molecule has 3 rings (SSSR count). The lowest BCUT2D eigenvalue weighted by Crippen LogP contribution is -2.32. The van der Waals surface area contributed by atoms with Gasteiger partial charge in [0.2, 0.25) is 5.13 Å². The van der Waals surface area contributed by atoms with Gasteiger partial charge in [0.05, 0.1) is 6.04 Å². The van der Waals surface area contributed by atoms with Crippen LogP contribution in [0.3, 0.4) is 0 Å². The molecule has 1 saturated heterocycles. The molecular formula is C13H18N6OS. The van der Waals surface area contributed by atoms with E-state index in [9.17, 15) is 4.79 Å². The highest BCUT2D eigenvalue weighted by molar-refractivity contribution is 7.15. The van der Waals surface area contributed by atoms with Crippen molar-refractivity contribution in [2.24, 2.45) is 0 Å².